The van der Waals surface area contributed by atoms with Gasteiger partial charge >= 0.3 is 6.09 Å². The van der Waals surface area contributed by atoms with E-state index in [1.807, 2.05) is 19.1 Å². The number of sulfonamides is 1. The van der Waals surface area contributed by atoms with Crippen molar-refractivity contribution in [2.75, 3.05) is 10.2 Å². The van der Waals surface area contributed by atoms with Crippen molar-refractivity contribution in [1.82, 2.24) is 0 Å². The number of fused-ring (bicyclic) bond motifs is 2. The smallest absolute Gasteiger partial charge is 0.412 e. The minimum Gasteiger partial charge on any atom is -0.506 e. The largest absolute Gasteiger partial charge is 0.506 e. The van der Waals surface area contributed by atoms with Crippen molar-refractivity contribution in [3.05, 3.63) is 59.2 Å². The number of nitrogens with one attached hydrogen (secondary N) is 1. The van der Waals surface area contributed by atoms with E-state index in [1.54, 1.807) is 32.9 Å². The second kappa shape index (κ2) is 9.27. The number of amidine groups is 1. The molecular formula is C28H33N3O6S. The molecule has 0 aromatic heterocycles. The normalized spacial score (nSPS) is 20.4. The Morgan fingerprint density at radius 2 is 1.82 bits per heavy atom. The van der Waals surface area contributed by atoms with Crippen LogP contribution in [0.1, 0.15) is 65.5 Å². The van der Waals surface area contributed by atoms with Gasteiger partial charge in [0, 0.05) is 16.8 Å². The molecule has 0 fully saturated rings. The Bertz CT molecular complexity index is 1500. The summed E-state index contributed by atoms with van der Waals surface area (Å²) in [6.45, 7) is 11.0. The number of Topliss-reactive ketones (excluding diaryl/α,β-unsaturated/α-hetero) is 1. The van der Waals surface area contributed by atoms with Gasteiger partial charge in [0.1, 0.15) is 16.2 Å². The number of carbonyl (C=O) groups excluding carboxylic acids is 1. The molecule has 3 N–H and O–H groups in total. The first-order chi connectivity index (χ1) is 17.6. The summed E-state index contributed by atoms with van der Waals surface area (Å²) in [5.74, 6) is -0.677. The second-order valence-corrected chi connectivity index (χ2v) is 12.9. The lowest BCUT2D eigenvalue weighted by Gasteiger charge is -2.37. The van der Waals surface area contributed by atoms with Gasteiger partial charge < -0.3 is 15.5 Å². The monoisotopic (exact) mass is 539 g/mol. The standard InChI is InChI=1S/C28H33N3O6S/c1-16(2)13-14-28(6)19-10-8-7-9-18(19)23(32)22(24(28)33)25-29-20-12-11-17(15-21(20)38(36,37)30-25)31(26(34)35)27(3,4)5/h7-12,15-16,32H,13-14H2,1-6H3,(H,29,30)(H,34,35)/t28-/m1/s1. The summed E-state index contributed by atoms with van der Waals surface area (Å²) in [6.07, 6.45) is 0.0298. The van der Waals surface area contributed by atoms with E-state index in [1.165, 1.54) is 18.2 Å². The van der Waals surface area contributed by atoms with Crippen molar-refractivity contribution in [3.63, 3.8) is 0 Å². The lowest BCUT2D eigenvalue weighted by atomic mass is 9.66. The molecule has 2 aromatic rings. The topological polar surface area (TPSA) is 136 Å². The van der Waals surface area contributed by atoms with Crippen LogP contribution in [0.15, 0.2) is 57.3 Å². The van der Waals surface area contributed by atoms with E-state index in [9.17, 15) is 28.2 Å². The number of aliphatic hydroxyl groups excluding tert-OH is 1. The van der Waals surface area contributed by atoms with Gasteiger partial charge in [0.15, 0.2) is 11.6 Å². The molecule has 202 valence electrons. The van der Waals surface area contributed by atoms with Crippen LogP contribution in [0, 0.1) is 5.92 Å². The molecule has 1 aliphatic carbocycles. The van der Waals surface area contributed by atoms with Crippen molar-refractivity contribution in [2.45, 2.75) is 70.2 Å². The van der Waals surface area contributed by atoms with Crippen LogP contribution in [0.25, 0.3) is 5.76 Å². The van der Waals surface area contributed by atoms with E-state index in [-0.39, 0.29) is 33.4 Å². The van der Waals surface area contributed by atoms with Gasteiger partial charge in [-0.1, -0.05) is 38.1 Å². The average molecular weight is 540 g/mol. The summed E-state index contributed by atoms with van der Waals surface area (Å²) in [6, 6.07) is 11.3. The molecule has 10 heteroatoms. The number of hydrogen-bond donors (Lipinski definition) is 3. The maximum absolute atomic E-state index is 14.0. The molecule has 0 saturated carbocycles. The van der Waals surface area contributed by atoms with Crippen LogP contribution in [-0.2, 0) is 20.2 Å². The number of rotatable bonds is 5. The highest BCUT2D eigenvalue weighted by Gasteiger charge is 2.46. The van der Waals surface area contributed by atoms with Crippen LogP contribution in [0.4, 0.5) is 16.2 Å². The quantitative estimate of drug-likeness (QED) is 0.441. The number of ketones is 1. The number of hydrogen-bond acceptors (Lipinski definition) is 6. The lowest BCUT2D eigenvalue weighted by molar-refractivity contribution is -0.120. The number of amides is 1. The summed E-state index contributed by atoms with van der Waals surface area (Å²) in [7, 11) is -4.35. The van der Waals surface area contributed by atoms with Gasteiger partial charge in [-0.3, -0.25) is 9.69 Å². The number of benzene rings is 2. The van der Waals surface area contributed by atoms with Crippen LogP contribution in [0.3, 0.4) is 0 Å². The van der Waals surface area contributed by atoms with E-state index in [4.69, 9.17) is 0 Å². The van der Waals surface area contributed by atoms with Crippen molar-refractivity contribution in [2.24, 2.45) is 10.3 Å². The summed E-state index contributed by atoms with van der Waals surface area (Å²) in [4.78, 5) is 26.8. The number of anilines is 2. The fraction of sp³-hybridized carbons (Fsp3) is 0.393. The lowest BCUT2D eigenvalue weighted by Crippen LogP contribution is -2.45. The molecule has 1 aliphatic heterocycles. The molecule has 0 bridgehead atoms. The third kappa shape index (κ3) is 4.57. The van der Waals surface area contributed by atoms with E-state index < -0.39 is 32.9 Å². The van der Waals surface area contributed by atoms with Crippen LogP contribution < -0.4 is 10.2 Å². The first-order valence-corrected chi connectivity index (χ1v) is 13.9. The molecule has 0 radical (unpaired) electrons. The predicted molar refractivity (Wildman–Crippen MR) is 147 cm³/mol. The molecule has 2 aliphatic rings. The molecule has 1 heterocycles. The van der Waals surface area contributed by atoms with Crippen LogP contribution >= 0.6 is 0 Å². The zero-order chi connectivity index (χ0) is 28.2. The van der Waals surface area contributed by atoms with Crippen molar-refractivity contribution in [3.8, 4) is 0 Å². The van der Waals surface area contributed by atoms with Gasteiger partial charge in [-0.05, 0) is 70.2 Å². The van der Waals surface area contributed by atoms with Gasteiger partial charge in [0.05, 0.1) is 11.1 Å². The minimum absolute atomic E-state index is 0.133. The zero-order valence-electron chi connectivity index (χ0n) is 22.4. The van der Waals surface area contributed by atoms with Crippen LogP contribution in [0.5, 0.6) is 0 Å². The molecule has 38 heavy (non-hydrogen) atoms. The van der Waals surface area contributed by atoms with Gasteiger partial charge in [-0.2, -0.15) is 8.42 Å². The number of aliphatic hydroxyl groups is 1. The highest BCUT2D eigenvalue weighted by Crippen LogP contribution is 2.44. The molecular weight excluding hydrogens is 506 g/mol. The van der Waals surface area contributed by atoms with E-state index in [0.717, 1.165) is 11.3 Å². The third-order valence-electron chi connectivity index (χ3n) is 7.03. The number of nitrogens with zero attached hydrogens (tertiary/aromatic N) is 2. The first kappa shape index (κ1) is 27.4. The zero-order valence-corrected chi connectivity index (χ0v) is 23.2. The highest BCUT2D eigenvalue weighted by atomic mass is 32.2. The summed E-state index contributed by atoms with van der Waals surface area (Å²) < 4.78 is 30.6. The molecule has 1 atom stereocenters. The summed E-state index contributed by atoms with van der Waals surface area (Å²) in [5, 5.41) is 23.9. The Morgan fingerprint density at radius 1 is 1.16 bits per heavy atom. The number of carboxylic acid groups (broad SMARTS) is 1. The molecule has 1 amide bonds. The Kier molecular flexibility index (Phi) is 6.68. The SMILES string of the molecule is CC(C)CC[C@@]1(C)C(=O)C(C2=NS(=O)(=O)c3cc(N(C(=O)O)C(C)(C)C)ccc3N2)=C(O)c2ccccc21. The van der Waals surface area contributed by atoms with Crippen molar-refractivity contribution in [1.29, 1.82) is 0 Å². The Morgan fingerprint density at radius 3 is 2.42 bits per heavy atom. The third-order valence-corrected chi connectivity index (χ3v) is 8.34. The first-order valence-electron chi connectivity index (χ1n) is 12.5. The van der Waals surface area contributed by atoms with Gasteiger partial charge in [0.2, 0.25) is 0 Å². The Hall–Kier alpha value is -3.66. The molecule has 9 nitrogen and oxygen atoms in total. The minimum atomic E-state index is -4.35. The maximum atomic E-state index is 14.0. The van der Waals surface area contributed by atoms with E-state index >= 15 is 0 Å². The van der Waals surface area contributed by atoms with E-state index in [0.29, 0.717) is 23.5 Å². The van der Waals surface area contributed by atoms with Crippen molar-refractivity contribution >= 4 is 44.9 Å². The number of carbonyl (C=O) groups is 2. The van der Waals surface area contributed by atoms with Crippen LogP contribution in [-0.4, -0.2) is 41.9 Å². The molecule has 4 rings (SSSR count). The van der Waals surface area contributed by atoms with Crippen molar-refractivity contribution < 1.29 is 28.2 Å². The van der Waals surface area contributed by atoms with Crippen LogP contribution in [0.2, 0.25) is 0 Å². The highest BCUT2D eigenvalue weighted by molar-refractivity contribution is 7.90. The predicted octanol–water partition coefficient (Wildman–Crippen LogP) is 5.73. The van der Waals surface area contributed by atoms with Gasteiger partial charge in [0.25, 0.3) is 10.0 Å². The fourth-order valence-electron chi connectivity index (χ4n) is 5.04. The van der Waals surface area contributed by atoms with Gasteiger partial charge in [-0.15, -0.1) is 4.40 Å². The second-order valence-electron chi connectivity index (χ2n) is 11.4. The van der Waals surface area contributed by atoms with E-state index in [2.05, 4.69) is 23.6 Å². The van der Waals surface area contributed by atoms with Gasteiger partial charge in [-0.25, -0.2) is 4.79 Å². The Labute approximate surface area is 223 Å². The molecule has 2 aromatic carbocycles. The molecule has 0 unspecified atom stereocenters. The average Bonchev–Trinajstić information content (AvgIpc) is 2.80. The Balaban J connectivity index is 1.84. The summed E-state index contributed by atoms with van der Waals surface area (Å²) >= 11 is 0. The summed E-state index contributed by atoms with van der Waals surface area (Å²) in [5.41, 5.74) is -0.567. The molecule has 0 spiro atoms. The maximum Gasteiger partial charge on any atom is 0.412 e. The molecule has 0 saturated heterocycles. The fourth-order valence-corrected chi connectivity index (χ4v) is 6.18.